The Balaban J connectivity index is 1.89. The Labute approximate surface area is 158 Å². The van der Waals surface area contributed by atoms with Gasteiger partial charge in [0.1, 0.15) is 5.82 Å². The number of aryl methyl sites for hydroxylation is 1. The quantitative estimate of drug-likeness (QED) is 0.373. The highest BCUT2D eigenvalue weighted by atomic mass is 19.4. The van der Waals surface area contributed by atoms with E-state index in [9.17, 15) is 22.0 Å². The summed E-state index contributed by atoms with van der Waals surface area (Å²) in [6, 6.07) is 11.6. The molecule has 3 rings (SSSR count). The number of alkyl halides is 3. The van der Waals surface area contributed by atoms with Gasteiger partial charge in [0.25, 0.3) is 0 Å². The maximum atomic E-state index is 14.7. The van der Waals surface area contributed by atoms with E-state index in [-0.39, 0.29) is 11.1 Å². The molecule has 3 aromatic rings. The van der Waals surface area contributed by atoms with Gasteiger partial charge in [-0.1, -0.05) is 49.5 Å². The minimum atomic E-state index is -4.99. The van der Waals surface area contributed by atoms with Crippen molar-refractivity contribution in [2.45, 2.75) is 26.1 Å². The summed E-state index contributed by atoms with van der Waals surface area (Å²) in [6.45, 7) is 2.06. The molecular formula is C22H15F5O. The van der Waals surface area contributed by atoms with Crippen molar-refractivity contribution in [3.05, 3.63) is 76.9 Å². The van der Waals surface area contributed by atoms with Crippen molar-refractivity contribution in [1.82, 2.24) is 0 Å². The third-order valence-electron chi connectivity index (χ3n) is 4.06. The summed E-state index contributed by atoms with van der Waals surface area (Å²) in [5.74, 6) is 2.52. The molecule has 1 nitrogen and oxygen atoms in total. The molecule has 28 heavy (non-hydrogen) atoms. The van der Waals surface area contributed by atoms with Gasteiger partial charge in [-0.2, -0.15) is 0 Å². The van der Waals surface area contributed by atoms with Crippen molar-refractivity contribution in [2.24, 2.45) is 0 Å². The summed E-state index contributed by atoms with van der Waals surface area (Å²) in [5.41, 5.74) is 1.33. The Morgan fingerprint density at radius 1 is 0.929 bits per heavy atom. The SMILES string of the molecule is CCCc1ccc2c(F)c(C#Cc3ccc(OC(F)(F)F)c(F)c3)ccc2c1. The number of halogens is 5. The van der Waals surface area contributed by atoms with Crippen LogP contribution >= 0.6 is 0 Å². The molecule has 0 radical (unpaired) electrons. The van der Waals surface area contributed by atoms with Crippen molar-refractivity contribution >= 4 is 10.8 Å². The van der Waals surface area contributed by atoms with Crippen LogP contribution in [0.25, 0.3) is 10.8 Å². The molecule has 0 aliphatic heterocycles. The van der Waals surface area contributed by atoms with E-state index in [0.717, 1.165) is 35.9 Å². The zero-order valence-electron chi connectivity index (χ0n) is 14.8. The molecule has 3 aromatic carbocycles. The highest BCUT2D eigenvalue weighted by Crippen LogP contribution is 2.26. The van der Waals surface area contributed by atoms with Crippen molar-refractivity contribution in [1.29, 1.82) is 0 Å². The third-order valence-corrected chi connectivity index (χ3v) is 4.06. The van der Waals surface area contributed by atoms with E-state index in [1.165, 1.54) is 12.1 Å². The summed E-state index contributed by atoms with van der Waals surface area (Å²) in [6.07, 6.45) is -3.10. The normalized spacial score (nSPS) is 11.2. The van der Waals surface area contributed by atoms with E-state index >= 15 is 0 Å². The highest BCUT2D eigenvalue weighted by Gasteiger charge is 2.32. The first kappa shape index (κ1) is 19.7. The van der Waals surface area contributed by atoms with E-state index in [2.05, 4.69) is 23.5 Å². The molecule has 0 amide bonds. The van der Waals surface area contributed by atoms with Crippen LogP contribution in [0.1, 0.15) is 30.0 Å². The Morgan fingerprint density at radius 3 is 2.39 bits per heavy atom. The molecule has 0 bridgehead atoms. The maximum Gasteiger partial charge on any atom is 0.573 e. The summed E-state index contributed by atoms with van der Waals surface area (Å²) in [7, 11) is 0. The predicted molar refractivity (Wildman–Crippen MR) is 97.0 cm³/mol. The van der Waals surface area contributed by atoms with Crippen LogP contribution in [0, 0.1) is 23.5 Å². The average Bonchev–Trinajstić information content (AvgIpc) is 2.62. The van der Waals surface area contributed by atoms with Gasteiger partial charge >= 0.3 is 6.36 Å². The number of rotatable bonds is 3. The second-order valence-electron chi connectivity index (χ2n) is 6.18. The van der Waals surface area contributed by atoms with Crippen LogP contribution in [0.15, 0.2) is 48.5 Å². The molecule has 6 heteroatoms. The van der Waals surface area contributed by atoms with Crippen LogP contribution in [-0.4, -0.2) is 6.36 Å². The number of hydrogen-bond acceptors (Lipinski definition) is 1. The Bertz CT molecular complexity index is 1070. The molecule has 0 saturated heterocycles. The van der Waals surface area contributed by atoms with Crippen LogP contribution < -0.4 is 4.74 Å². The minimum absolute atomic E-state index is 0.102. The van der Waals surface area contributed by atoms with Crippen LogP contribution in [0.5, 0.6) is 5.75 Å². The number of fused-ring (bicyclic) bond motifs is 1. The van der Waals surface area contributed by atoms with E-state index in [1.54, 1.807) is 12.1 Å². The largest absolute Gasteiger partial charge is 0.573 e. The van der Waals surface area contributed by atoms with Crippen LogP contribution in [0.4, 0.5) is 22.0 Å². The summed E-state index contributed by atoms with van der Waals surface area (Å²) in [5, 5.41) is 1.18. The summed E-state index contributed by atoms with van der Waals surface area (Å²) >= 11 is 0. The zero-order valence-corrected chi connectivity index (χ0v) is 14.8. The van der Waals surface area contributed by atoms with Gasteiger partial charge in [-0.15, -0.1) is 13.2 Å². The Kier molecular flexibility index (Phi) is 5.55. The van der Waals surface area contributed by atoms with Gasteiger partial charge in [0.2, 0.25) is 0 Å². The van der Waals surface area contributed by atoms with Crippen LogP contribution in [0.3, 0.4) is 0 Å². The molecule has 0 saturated carbocycles. The maximum absolute atomic E-state index is 14.7. The summed E-state index contributed by atoms with van der Waals surface area (Å²) in [4.78, 5) is 0. The standard InChI is InChI=1S/C22H15F5O/c1-2-3-14-5-10-18-17(12-14)9-8-16(21(18)24)7-4-15-6-11-20(19(23)13-15)28-22(25,26)27/h5-6,8-13H,2-3H2,1H3. The molecule has 0 heterocycles. The Hall–Kier alpha value is -3.07. The second-order valence-corrected chi connectivity index (χ2v) is 6.18. The number of hydrogen-bond donors (Lipinski definition) is 0. The summed E-state index contributed by atoms with van der Waals surface area (Å²) < 4.78 is 68.5. The van der Waals surface area contributed by atoms with Gasteiger partial charge in [-0.25, -0.2) is 8.78 Å². The zero-order chi connectivity index (χ0) is 20.3. The van der Waals surface area contributed by atoms with Crippen LogP contribution in [-0.2, 0) is 6.42 Å². The van der Waals surface area contributed by atoms with Gasteiger partial charge in [-0.05, 0) is 41.6 Å². The smallest absolute Gasteiger partial charge is 0.403 e. The number of benzene rings is 3. The molecule has 0 atom stereocenters. The number of ether oxygens (including phenoxy) is 1. The molecule has 0 unspecified atom stereocenters. The fourth-order valence-corrected chi connectivity index (χ4v) is 2.81. The molecular weight excluding hydrogens is 375 g/mol. The van der Waals surface area contributed by atoms with E-state index in [0.29, 0.717) is 5.39 Å². The second kappa shape index (κ2) is 7.89. The molecule has 0 spiro atoms. The predicted octanol–water partition coefficient (Wildman–Crippen LogP) is 6.37. The fraction of sp³-hybridized carbons (Fsp3) is 0.182. The molecule has 0 aromatic heterocycles. The van der Waals surface area contributed by atoms with Gasteiger partial charge < -0.3 is 4.74 Å². The molecule has 144 valence electrons. The van der Waals surface area contributed by atoms with E-state index in [1.807, 2.05) is 12.1 Å². The first-order valence-electron chi connectivity index (χ1n) is 8.55. The third kappa shape index (κ3) is 4.61. The van der Waals surface area contributed by atoms with Gasteiger partial charge in [0.15, 0.2) is 11.6 Å². The molecule has 0 N–H and O–H groups in total. The molecule has 0 fully saturated rings. The van der Waals surface area contributed by atoms with Gasteiger partial charge in [-0.3, -0.25) is 0 Å². The lowest BCUT2D eigenvalue weighted by molar-refractivity contribution is -0.275. The van der Waals surface area contributed by atoms with E-state index < -0.39 is 23.7 Å². The molecule has 0 aliphatic rings. The van der Waals surface area contributed by atoms with Gasteiger partial charge in [0.05, 0.1) is 5.56 Å². The monoisotopic (exact) mass is 390 g/mol. The van der Waals surface area contributed by atoms with Crippen molar-refractivity contribution in [2.75, 3.05) is 0 Å². The highest BCUT2D eigenvalue weighted by molar-refractivity contribution is 5.85. The lowest BCUT2D eigenvalue weighted by Crippen LogP contribution is -2.17. The lowest BCUT2D eigenvalue weighted by atomic mass is 10.0. The van der Waals surface area contributed by atoms with E-state index in [4.69, 9.17) is 0 Å². The van der Waals surface area contributed by atoms with Crippen molar-refractivity contribution in [3.63, 3.8) is 0 Å². The average molecular weight is 390 g/mol. The molecule has 0 aliphatic carbocycles. The topological polar surface area (TPSA) is 9.23 Å². The van der Waals surface area contributed by atoms with Crippen molar-refractivity contribution < 1.29 is 26.7 Å². The Morgan fingerprint density at radius 2 is 1.71 bits per heavy atom. The first-order chi connectivity index (χ1) is 13.3. The van der Waals surface area contributed by atoms with Gasteiger partial charge in [0, 0.05) is 10.9 Å². The fourth-order valence-electron chi connectivity index (χ4n) is 2.81. The lowest BCUT2D eigenvalue weighted by Gasteiger charge is -2.09. The minimum Gasteiger partial charge on any atom is -0.403 e. The van der Waals surface area contributed by atoms with Crippen LogP contribution in [0.2, 0.25) is 0 Å². The van der Waals surface area contributed by atoms with Crippen molar-refractivity contribution in [3.8, 4) is 17.6 Å². The first-order valence-corrected chi connectivity index (χ1v) is 8.55.